The first-order valence-electron chi connectivity index (χ1n) is 48.7. The predicted molar refractivity (Wildman–Crippen MR) is 555 cm³/mol. The molecule has 3 atom stereocenters. The molecular formula is C110H146N14O10. The van der Waals surface area contributed by atoms with Crippen LogP contribution >= 0.6 is 0 Å². The van der Waals surface area contributed by atoms with E-state index >= 15 is 0 Å². The van der Waals surface area contributed by atoms with Gasteiger partial charge in [0, 0.05) is 253 Å². The van der Waals surface area contributed by atoms with Crippen LogP contribution in [0.5, 0.6) is 57.5 Å². The third kappa shape index (κ3) is 22.6. The molecule has 716 valence electrons. The largest absolute Gasteiger partial charge is 0.508 e. The standard InChI is InChI=1S/C36H50N4O2.C28H34N4O2.C25H36N4O2.C20H22N2O4.CH4/c1-33(2)9-15-39-17-11-35(5,6)27-29(39)25(33)19-23(31(27)41)21-37-13-14-38-22-24-20-26-30-28(32(24)42)36(7,8)12-18-40(30)16-10-34(26,3)4;33-27-21(15-19-5-1-11-31-13-3-7-23(27)25(19)31)17-29-9-10-30-18-22-16-20-6-2-12-32-14-4-8-24(26(20)32)28(22)34;1-6-28(7-2)22-12-10-20(24(30)14-22)17-26-16-19(5)27-18-21-11-13-23(15-25(21)31)29(8-3)9-4;23-15-7-5-13(19(25)9-15)11-21-17-3-1-2-4-18(17)22-12-14-6-8-16(24)10-20(14)26;/h19-22,41-42H,9-18H2,1-8H3;15-18,33-34H,1-14H2;10-15,17-19,30-31H,6-9,16H2,1-5H3;5-12,17-18,23-26H,1-4H2;1H4/t;;;17-,18-;/m...0./s1. The Kier molecular flexibility index (Phi) is 32.3. The van der Waals surface area contributed by atoms with E-state index in [1.807, 2.05) is 56.0 Å². The first-order chi connectivity index (χ1) is 63.8. The Balaban J connectivity index is 0.000000153. The Hall–Kier alpha value is -12.1. The van der Waals surface area contributed by atoms with Gasteiger partial charge in [-0.2, -0.15) is 0 Å². The SMILES string of the molecule is C.CC1(C)CCN2CCC(C)(C)c3c(O)c(C=NCCN=Cc4cc5c6c(c4O)C(C)(C)CCN6CCC5(C)C)cc1c32.CCN(CC)c1ccc(C=NCC(C)N=Cc2ccc(N(CC)CC)cc2O)c(O)c1.Oc1c(C=NCCN=Cc2cc3c4c(c2O)CCCN4CCC3)cc2c3c1CCCN3CCC2.Oc1ccc(C=N[C@H]2CCCC[C@@H]2N=Cc2ccc(O)cc2O)c(O)c1. The number of benzene rings is 8. The van der Waals surface area contributed by atoms with Crippen molar-refractivity contribution in [2.45, 2.75) is 240 Å². The zero-order valence-electron chi connectivity index (χ0n) is 80.7. The van der Waals surface area contributed by atoms with E-state index in [0.717, 1.165) is 224 Å². The van der Waals surface area contributed by atoms with Crippen LogP contribution in [0.2, 0.25) is 0 Å². The van der Waals surface area contributed by atoms with Crippen molar-refractivity contribution in [3.63, 3.8) is 0 Å². The lowest BCUT2D eigenvalue weighted by molar-refractivity contribution is 0.377. The van der Waals surface area contributed by atoms with Crippen molar-refractivity contribution in [1.29, 1.82) is 0 Å². The molecule has 0 spiro atoms. The van der Waals surface area contributed by atoms with Crippen LogP contribution in [0.15, 0.2) is 137 Å². The fraction of sp³-hybridized carbons (Fsp3) is 0.491. The highest BCUT2D eigenvalue weighted by Gasteiger charge is 2.45. The summed E-state index contributed by atoms with van der Waals surface area (Å²) in [4.78, 5) is 50.8. The second kappa shape index (κ2) is 43.5. The van der Waals surface area contributed by atoms with Gasteiger partial charge in [0.25, 0.3) is 0 Å². The highest BCUT2D eigenvalue weighted by molar-refractivity contribution is 5.93. The number of hydrogen-bond acceptors (Lipinski definition) is 24. The molecule has 1 unspecified atom stereocenters. The molecule has 8 aromatic rings. The molecule has 17 rings (SSSR count). The van der Waals surface area contributed by atoms with E-state index in [1.54, 1.807) is 49.1 Å². The highest BCUT2D eigenvalue weighted by Crippen LogP contribution is 2.56. The van der Waals surface area contributed by atoms with Gasteiger partial charge in [0.2, 0.25) is 0 Å². The van der Waals surface area contributed by atoms with Crippen molar-refractivity contribution < 1.29 is 51.1 Å². The molecular weight excluding hydrogens is 1680 g/mol. The zero-order valence-corrected chi connectivity index (χ0v) is 80.7. The fourth-order valence-electron chi connectivity index (χ4n) is 20.7. The number of hydrogen-bond donors (Lipinski definition) is 10. The van der Waals surface area contributed by atoms with E-state index in [1.165, 1.54) is 82.1 Å². The summed E-state index contributed by atoms with van der Waals surface area (Å²) in [7, 11) is 0. The van der Waals surface area contributed by atoms with Crippen LogP contribution in [0, 0.1) is 0 Å². The minimum absolute atomic E-state index is 0. The summed E-state index contributed by atoms with van der Waals surface area (Å²) in [5.41, 5.74) is 22.5. The van der Waals surface area contributed by atoms with E-state index in [-0.39, 0.29) is 81.7 Å². The second-order valence-electron chi connectivity index (χ2n) is 39.7. The molecule has 0 amide bonds. The molecule has 8 heterocycles. The number of rotatable bonds is 25. The maximum absolute atomic E-state index is 11.5. The van der Waals surface area contributed by atoms with E-state index in [0.29, 0.717) is 78.0 Å². The van der Waals surface area contributed by atoms with Gasteiger partial charge < -0.3 is 80.5 Å². The third-order valence-electron chi connectivity index (χ3n) is 28.6. The van der Waals surface area contributed by atoms with Crippen molar-refractivity contribution in [3.8, 4) is 57.5 Å². The van der Waals surface area contributed by atoms with Gasteiger partial charge in [0.1, 0.15) is 57.5 Å². The van der Waals surface area contributed by atoms with Crippen molar-refractivity contribution in [2.24, 2.45) is 39.9 Å². The Bertz CT molecular complexity index is 5460. The molecule has 24 heteroatoms. The summed E-state index contributed by atoms with van der Waals surface area (Å²) in [5, 5.41) is 104. The van der Waals surface area contributed by atoms with Crippen molar-refractivity contribution in [3.05, 3.63) is 186 Å². The molecule has 24 nitrogen and oxygen atoms in total. The van der Waals surface area contributed by atoms with Gasteiger partial charge in [-0.15, -0.1) is 0 Å². The van der Waals surface area contributed by atoms with Crippen molar-refractivity contribution in [2.75, 3.05) is 141 Å². The number of aromatic hydroxyl groups is 10. The summed E-state index contributed by atoms with van der Waals surface area (Å²) in [6.45, 7) is 43.4. The van der Waals surface area contributed by atoms with E-state index in [4.69, 9.17) is 9.98 Å². The molecule has 1 saturated carbocycles. The summed E-state index contributed by atoms with van der Waals surface area (Å²) in [6, 6.07) is 28.7. The Morgan fingerprint density at radius 1 is 0.351 bits per heavy atom. The number of aliphatic imine (C=N–C) groups is 8. The molecule has 0 radical (unpaired) electrons. The lowest BCUT2D eigenvalue weighted by Gasteiger charge is -2.48. The molecule has 9 aliphatic rings. The molecule has 8 aromatic carbocycles. The maximum Gasteiger partial charge on any atom is 0.130 e. The summed E-state index contributed by atoms with van der Waals surface area (Å²) < 4.78 is 0. The van der Waals surface area contributed by atoms with Crippen LogP contribution in [0.1, 0.15) is 264 Å². The number of anilines is 6. The van der Waals surface area contributed by atoms with Crippen LogP contribution < -0.4 is 29.4 Å². The molecule has 10 N–H and O–H groups in total. The van der Waals surface area contributed by atoms with Gasteiger partial charge in [0.15, 0.2) is 0 Å². The normalized spacial score (nSPS) is 18.9. The lowest BCUT2D eigenvalue weighted by Crippen LogP contribution is -2.44. The first kappa shape index (κ1) is 99.4. The average molecular weight is 1820 g/mol. The van der Waals surface area contributed by atoms with Crippen LogP contribution in [0.25, 0.3) is 0 Å². The van der Waals surface area contributed by atoms with Crippen molar-refractivity contribution >= 4 is 83.8 Å². The molecule has 0 aromatic heterocycles. The minimum Gasteiger partial charge on any atom is -0.508 e. The van der Waals surface area contributed by atoms with Gasteiger partial charge in [-0.05, 0) is 241 Å². The second-order valence-corrected chi connectivity index (χ2v) is 39.7. The van der Waals surface area contributed by atoms with Gasteiger partial charge in [-0.1, -0.05) is 75.7 Å². The zero-order chi connectivity index (χ0) is 94.6. The minimum atomic E-state index is -0.0808. The smallest absolute Gasteiger partial charge is 0.130 e. The van der Waals surface area contributed by atoms with Gasteiger partial charge in [-0.25, -0.2) is 0 Å². The van der Waals surface area contributed by atoms with Crippen LogP contribution in [-0.4, -0.2) is 230 Å². The molecule has 1 fully saturated rings. The first-order valence-corrected chi connectivity index (χ1v) is 48.7. The lowest BCUT2D eigenvalue weighted by atomic mass is 9.69. The van der Waals surface area contributed by atoms with Gasteiger partial charge in [0.05, 0.1) is 50.8 Å². The Morgan fingerprint density at radius 3 is 1.05 bits per heavy atom. The average Bonchev–Trinajstić information content (AvgIpc) is 0.722. The molecule has 0 bridgehead atoms. The maximum atomic E-state index is 11.5. The number of aryl methyl sites for hydroxylation is 2. The van der Waals surface area contributed by atoms with Gasteiger partial charge in [-0.3, -0.25) is 39.9 Å². The van der Waals surface area contributed by atoms with Crippen LogP contribution in [0.3, 0.4) is 0 Å². The topological polar surface area (TPSA) is 321 Å². The number of phenolic OH excluding ortho intramolecular Hbond substituents is 10. The predicted octanol–water partition coefficient (Wildman–Crippen LogP) is 19.7. The Labute approximate surface area is 794 Å². The third-order valence-corrected chi connectivity index (χ3v) is 28.6. The number of nitrogens with zero attached hydrogens (tertiary/aromatic N) is 14. The molecule has 0 saturated heterocycles. The quantitative estimate of drug-likeness (QED) is 0.0188. The summed E-state index contributed by atoms with van der Waals surface area (Å²) in [6.07, 6.45) is 30.7. The Morgan fingerprint density at radius 2 is 0.679 bits per heavy atom. The van der Waals surface area contributed by atoms with E-state index in [9.17, 15) is 51.1 Å². The van der Waals surface area contributed by atoms with Gasteiger partial charge >= 0.3 is 0 Å². The van der Waals surface area contributed by atoms with Crippen molar-refractivity contribution in [1.82, 2.24) is 0 Å². The monoisotopic (exact) mass is 1820 g/mol. The molecule has 1 aliphatic carbocycles. The summed E-state index contributed by atoms with van der Waals surface area (Å²) >= 11 is 0. The fourth-order valence-corrected chi connectivity index (χ4v) is 20.7. The van der Waals surface area contributed by atoms with E-state index < -0.39 is 0 Å². The van der Waals surface area contributed by atoms with E-state index in [2.05, 4.69) is 167 Å². The molecule has 8 aliphatic heterocycles. The highest BCUT2D eigenvalue weighted by atomic mass is 16.3. The molecule has 134 heavy (non-hydrogen) atoms. The summed E-state index contributed by atoms with van der Waals surface area (Å²) in [5.74, 6) is 1.99. The number of phenols is 10. The van der Waals surface area contributed by atoms with Crippen LogP contribution in [-0.2, 0) is 47.3 Å². The van der Waals surface area contributed by atoms with Crippen LogP contribution in [0.4, 0.5) is 34.1 Å².